The van der Waals surface area contributed by atoms with Crippen molar-refractivity contribution in [1.82, 2.24) is 0 Å². The van der Waals surface area contributed by atoms with Crippen LogP contribution in [0.25, 0.3) is 88.0 Å². The first kappa shape index (κ1) is 47.5. The highest BCUT2D eigenvalue weighted by molar-refractivity contribution is 6.29. The van der Waals surface area contributed by atoms with E-state index in [-0.39, 0.29) is 10.8 Å². The van der Waals surface area contributed by atoms with E-state index >= 15 is 0 Å². The SMILES string of the molecule is CC1(C)c2ccccc2-c2cc(N(c3ccc(-c4ccccc4)cc3)c3ccc(-c4ccc(N(c5ccc(-c6ccccc6)cc5)c5ccc6c(c5)-c5c(ccc7c8ccccc8c8ccccc8c57)C6(C)C)cc4)cc3)ccc21. The molecule has 0 amide bonds. The molecule has 2 aliphatic rings. The number of rotatable bonds is 9. The smallest absolute Gasteiger partial charge is 0.0468 e. The molecule has 0 N–H and O–H groups in total. The Bertz CT molecular complexity index is 4500. The zero-order chi connectivity index (χ0) is 53.7. The molecule has 13 aromatic carbocycles. The van der Waals surface area contributed by atoms with Crippen molar-refractivity contribution in [2.24, 2.45) is 0 Å². The van der Waals surface area contributed by atoms with Gasteiger partial charge in [0.2, 0.25) is 0 Å². The van der Waals surface area contributed by atoms with Gasteiger partial charge in [-0.2, -0.15) is 0 Å². The van der Waals surface area contributed by atoms with Gasteiger partial charge in [0, 0.05) is 45.0 Å². The summed E-state index contributed by atoms with van der Waals surface area (Å²) in [6, 6.07) is 103. The molecule has 2 nitrogen and oxygen atoms in total. The number of nitrogens with zero attached hydrogens (tertiary/aromatic N) is 2. The van der Waals surface area contributed by atoms with Gasteiger partial charge < -0.3 is 9.80 Å². The van der Waals surface area contributed by atoms with Crippen LogP contribution in [0.15, 0.2) is 279 Å². The molecule has 0 unspecified atom stereocenters. The Morgan fingerprint density at radius 3 is 1.01 bits per heavy atom. The van der Waals surface area contributed by atoms with Crippen molar-refractivity contribution < 1.29 is 0 Å². The molecular formula is C78H58N2. The zero-order valence-corrected chi connectivity index (χ0v) is 45.5. The highest BCUT2D eigenvalue weighted by atomic mass is 15.1. The molecule has 0 aliphatic heterocycles. The second kappa shape index (κ2) is 18.4. The Morgan fingerprint density at radius 2 is 0.537 bits per heavy atom. The molecule has 2 aliphatic carbocycles. The summed E-state index contributed by atoms with van der Waals surface area (Å²) in [6.07, 6.45) is 0. The number of benzene rings is 13. The molecule has 0 fully saturated rings. The fraction of sp³-hybridized carbons (Fsp3) is 0.0769. The first-order valence-electron chi connectivity index (χ1n) is 28.1. The molecule has 13 aromatic rings. The molecule has 0 saturated carbocycles. The van der Waals surface area contributed by atoms with Crippen molar-refractivity contribution in [2.45, 2.75) is 38.5 Å². The van der Waals surface area contributed by atoms with Crippen molar-refractivity contribution in [3.8, 4) is 55.6 Å². The molecule has 0 atom stereocenters. The largest absolute Gasteiger partial charge is 0.310 e. The van der Waals surface area contributed by atoms with E-state index in [0.29, 0.717) is 0 Å². The maximum absolute atomic E-state index is 2.46. The number of fused-ring (bicyclic) bond motifs is 13. The standard InChI is InChI=1S/C78H58N2/c1-77(2)71-26-16-15-24-66(71)69-49-61(43-46-72(69)77)79(57-35-27-53(28-36-57)51-17-7-5-8-18-51)58-39-31-55(32-40-58)56-33-41-60(42-34-56)80(59-37-29-54(30-38-59)52-19-9-6-10-20-52)62-44-47-73-70(50-62)76-74(78(73,3)4)48-45-68-65-23-12-11-21-63(65)64-22-13-14-25-67(64)75(68)76/h5-50H,1-4H3. The highest BCUT2D eigenvalue weighted by Gasteiger charge is 2.38. The summed E-state index contributed by atoms with van der Waals surface area (Å²) < 4.78 is 0. The molecule has 0 aromatic heterocycles. The zero-order valence-electron chi connectivity index (χ0n) is 45.5. The molecule has 0 heterocycles. The molecule has 0 saturated heterocycles. The summed E-state index contributed by atoms with van der Waals surface area (Å²) in [6.45, 7) is 9.48. The van der Waals surface area contributed by atoms with E-state index in [2.05, 4.69) is 317 Å². The fourth-order valence-electron chi connectivity index (χ4n) is 13.6. The van der Waals surface area contributed by atoms with Crippen LogP contribution < -0.4 is 9.80 Å². The predicted molar refractivity (Wildman–Crippen MR) is 340 cm³/mol. The van der Waals surface area contributed by atoms with Crippen molar-refractivity contribution in [3.05, 3.63) is 301 Å². The minimum absolute atomic E-state index is 0.0699. The van der Waals surface area contributed by atoms with Crippen LogP contribution in [0.5, 0.6) is 0 Å². The van der Waals surface area contributed by atoms with Crippen molar-refractivity contribution in [2.75, 3.05) is 9.80 Å². The van der Waals surface area contributed by atoms with Gasteiger partial charge in [-0.05, 0) is 183 Å². The van der Waals surface area contributed by atoms with E-state index in [1.165, 1.54) is 99.1 Å². The van der Waals surface area contributed by atoms with E-state index in [1.807, 2.05) is 0 Å². The van der Waals surface area contributed by atoms with Crippen LogP contribution >= 0.6 is 0 Å². The molecule has 80 heavy (non-hydrogen) atoms. The summed E-state index contributed by atoms with van der Waals surface area (Å²) in [5.74, 6) is 0. The van der Waals surface area contributed by atoms with Crippen LogP contribution in [0.3, 0.4) is 0 Å². The lowest BCUT2D eigenvalue weighted by molar-refractivity contribution is 0.660. The van der Waals surface area contributed by atoms with E-state index < -0.39 is 0 Å². The lowest BCUT2D eigenvalue weighted by Crippen LogP contribution is -2.15. The quantitative estimate of drug-likeness (QED) is 0.133. The Kier molecular flexibility index (Phi) is 10.9. The Morgan fingerprint density at radius 1 is 0.225 bits per heavy atom. The fourth-order valence-corrected chi connectivity index (χ4v) is 13.6. The van der Waals surface area contributed by atoms with E-state index in [4.69, 9.17) is 0 Å². The lowest BCUT2D eigenvalue weighted by Gasteiger charge is -2.28. The van der Waals surface area contributed by atoms with Crippen LogP contribution in [0, 0.1) is 0 Å². The van der Waals surface area contributed by atoms with Crippen LogP contribution in [-0.4, -0.2) is 0 Å². The first-order chi connectivity index (χ1) is 39.2. The van der Waals surface area contributed by atoms with Crippen molar-refractivity contribution in [3.63, 3.8) is 0 Å². The third-order valence-electron chi connectivity index (χ3n) is 17.7. The second-order valence-electron chi connectivity index (χ2n) is 22.8. The average molecular weight is 1020 g/mol. The summed E-state index contributed by atoms with van der Waals surface area (Å²) >= 11 is 0. The van der Waals surface area contributed by atoms with Crippen LogP contribution in [0.1, 0.15) is 49.9 Å². The van der Waals surface area contributed by atoms with E-state index in [1.54, 1.807) is 0 Å². The van der Waals surface area contributed by atoms with Gasteiger partial charge >= 0.3 is 0 Å². The van der Waals surface area contributed by atoms with Gasteiger partial charge in [0.25, 0.3) is 0 Å². The molecule has 380 valence electrons. The maximum Gasteiger partial charge on any atom is 0.0468 e. The third kappa shape index (κ3) is 7.54. The Balaban J connectivity index is 0.823. The number of hydrogen-bond acceptors (Lipinski definition) is 2. The lowest BCUT2D eigenvalue weighted by atomic mass is 9.81. The minimum atomic E-state index is -0.182. The molecule has 0 bridgehead atoms. The van der Waals surface area contributed by atoms with Crippen LogP contribution in [0.2, 0.25) is 0 Å². The molecule has 0 radical (unpaired) electrons. The topological polar surface area (TPSA) is 6.48 Å². The maximum atomic E-state index is 2.46. The summed E-state index contributed by atoms with van der Waals surface area (Å²) in [4.78, 5) is 4.84. The molecule has 2 heteroatoms. The van der Waals surface area contributed by atoms with Gasteiger partial charge in [-0.1, -0.05) is 234 Å². The third-order valence-corrected chi connectivity index (χ3v) is 17.7. The minimum Gasteiger partial charge on any atom is -0.310 e. The van der Waals surface area contributed by atoms with Gasteiger partial charge in [-0.25, -0.2) is 0 Å². The van der Waals surface area contributed by atoms with Gasteiger partial charge in [-0.15, -0.1) is 0 Å². The summed E-state index contributed by atoms with van der Waals surface area (Å²) in [7, 11) is 0. The van der Waals surface area contributed by atoms with Crippen molar-refractivity contribution in [1.29, 1.82) is 0 Å². The molecule has 0 spiro atoms. The van der Waals surface area contributed by atoms with Gasteiger partial charge in [0.15, 0.2) is 0 Å². The van der Waals surface area contributed by atoms with E-state index in [9.17, 15) is 0 Å². The van der Waals surface area contributed by atoms with Crippen LogP contribution in [-0.2, 0) is 10.8 Å². The number of anilines is 6. The summed E-state index contributed by atoms with van der Waals surface area (Å²) in [5, 5.41) is 7.81. The number of hydrogen-bond donors (Lipinski definition) is 0. The normalized spacial score (nSPS) is 13.4. The van der Waals surface area contributed by atoms with Crippen LogP contribution in [0.4, 0.5) is 34.1 Å². The predicted octanol–water partition coefficient (Wildman–Crippen LogP) is 21.7. The van der Waals surface area contributed by atoms with Gasteiger partial charge in [0.1, 0.15) is 0 Å². The van der Waals surface area contributed by atoms with Gasteiger partial charge in [-0.3, -0.25) is 0 Å². The average Bonchev–Trinajstić information content (AvgIpc) is 4.13. The Hall–Kier alpha value is -9.76. The monoisotopic (exact) mass is 1020 g/mol. The first-order valence-corrected chi connectivity index (χ1v) is 28.1. The highest BCUT2D eigenvalue weighted by Crippen LogP contribution is 2.56. The molecule has 15 rings (SSSR count). The Labute approximate surface area is 469 Å². The second-order valence-corrected chi connectivity index (χ2v) is 22.8. The van der Waals surface area contributed by atoms with Crippen molar-refractivity contribution >= 4 is 66.4 Å². The summed E-state index contributed by atoms with van der Waals surface area (Å²) in [5.41, 5.74) is 24.3. The van der Waals surface area contributed by atoms with Gasteiger partial charge in [0.05, 0.1) is 0 Å². The molecular weight excluding hydrogens is 965 g/mol. The van der Waals surface area contributed by atoms with E-state index in [0.717, 1.165) is 45.3 Å².